The molecule has 0 aliphatic carbocycles. The Morgan fingerprint density at radius 2 is 1.68 bits per heavy atom. The van der Waals surface area contributed by atoms with Crippen molar-refractivity contribution < 1.29 is 8.42 Å². The molecule has 0 aromatic heterocycles. The second kappa shape index (κ2) is 5.35. The first-order valence-corrected chi connectivity index (χ1v) is 8.02. The Morgan fingerprint density at radius 1 is 1.00 bits per heavy atom. The predicted octanol–water partition coefficient (Wildman–Crippen LogP) is 3.87. The lowest BCUT2D eigenvalue weighted by molar-refractivity contribution is 0.601. The molecule has 0 atom stereocenters. The molecule has 0 aliphatic heterocycles. The Morgan fingerprint density at radius 3 is 2.37 bits per heavy atom. The van der Waals surface area contributed by atoms with Crippen molar-refractivity contribution >= 4 is 31.6 Å². The third kappa shape index (κ3) is 3.36. The first kappa shape index (κ1) is 14.1. The maximum absolute atomic E-state index is 12.3. The molecule has 0 radical (unpaired) electrons. The van der Waals surface area contributed by atoms with E-state index in [0.717, 1.165) is 11.1 Å². The Kier molecular flexibility index (Phi) is 3.96. The van der Waals surface area contributed by atoms with E-state index in [1.165, 1.54) is 0 Å². The standard InChI is InChI=1S/C14H14BrNO2S/c1-10-4-3-5-12(8-10)19(17,18)16-14-9-11(2)6-7-13(14)15/h3-9,16H,1-2H3. The number of hydrogen-bond acceptors (Lipinski definition) is 2. The van der Waals surface area contributed by atoms with Crippen molar-refractivity contribution in [1.82, 2.24) is 0 Å². The number of hydrogen-bond donors (Lipinski definition) is 1. The van der Waals surface area contributed by atoms with Crippen LogP contribution in [-0.2, 0) is 10.0 Å². The van der Waals surface area contributed by atoms with E-state index in [1.807, 2.05) is 32.0 Å². The van der Waals surface area contributed by atoms with Crippen LogP contribution in [0.2, 0.25) is 0 Å². The number of benzene rings is 2. The van der Waals surface area contributed by atoms with Gasteiger partial charge in [-0.05, 0) is 65.2 Å². The topological polar surface area (TPSA) is 46.2 Å². The van der Waals surface area contributed by atoms with Crippen LogP contribution in [-0.4, -0.2) is 8.42 Å². The van der Waals surface area contributed by atoms with Crippen molar-refractivity contribution in [3.05, 3.63) is 58.1 Å². The van der Waals surface area contributed by atoms with Crippen LogP contribution in [0.3, 0.4) is 0 Å². The fraction of sp³-hybridized carbons (Fsp3) is 0.143. The molecule has 0 amide bonds. The third-order valence-electron chi connectivity index (χ3n) is 2.67. The van der Waals surface area contributed by atoms with E-state index in [2.05, 4.69) is 20.7 Å². The minimum atomic E-state index is -3.56. The van der Waals surface area contributed by atoms with Crippen molar-refractivity contribution in [2.75, 3.05) is 4.72 Å². The zero-order valence-electron chi connectivity index (χ0n) is 10.6. The molecule has 0 spiro atoms. The van der Waals surface area contributed by atoms with Gasteiger partial charge in [-0.1, -0.05) is 18.2 Å². The molecule has 5 heteroatoms. The first-order chi connectivity index (χ1) is 8.88. The van der Waals surface area contributed by atoms with Gasteiger partial charge in [0.1, 0.15) is 0 Å². The van der Waals surface area contributed by atoms with Crippen LogP contribution in [0, 0.1) is 13.8 Å². The van der Waals surface area contributed by atoms with Crippen LogP contribution in [0.5, 0.6) is 0 Å². The molecule has 0 fully saturated rings. The van der Waals surface area contributed by atoms with E-state index in [1.54, 1.807) is 24.3 Å². The Labute approximate surface area is 121 Å². The van der Waals surface area contributed by atoms with Gasteiger partial charge in [-0.3, -0.25) is 4.72 Å². The van der Waals surface area contributed by atoms with Gasteiger partial charge in [0.15, 0.2) is 0 Å². The molecule has 0 bridgehead atoms. The lowest BCUT2D eigenvalue weighted by Gasteiger charge is -2.11. The Bertz CT molecular complexity index is 711. The highest BCUT2D eigenvalue weighted by atomic mass is 79.9. The Balaban J connectivity index is 2.39. The van der Waals surface area contributed by atoms with E-state index in [-0.39, 0.29) is 4.90 Å². The molecule has 19 heavy (non-hydrogen) atoms. The summed E-state index contributed by atoms with van der Waals surface area (Å²) in [5.74, 6) is 0. The molecule has 2 aromatic rings. The van der Waals surface area contributed by atoms with Gasteiger partial charge in [0.05, 0.1) is 10.6 Å². The molecule has 0 unspecified atom stereocenters. The second-order valence-corrected chi connectivity index (χ2v) is 6.94. The van der Waals surface area contributed by atoms with Crippen molar-refractivity contribution in [1.29, 1.82) is 0 Å². The lowest BCUT2D eigenvalue weighted by Crippen LogP contribution is -2.13. The first-order valence-electron chi connectivity index (χ1n) is 5.74. The summed E-state index contributed by atoms with van der Waals surface area (Å²) in [5, 5.41) is 0. The molecule has 1 N–H and O–H groups in total. The molecular formula is C14H14BrNO2S. The van der Waals surface area contributed by atoms with Crippen LogP contribution in [0.25, 0.3) is 0 Å². The summed E-state index contributed by atoms with van der Waals surface area (Å²) in [4.78, 5) is 0.265. The summed E-state index contributed by atoms with van der Waals surface area (Å²) in [6, 6.07) is 12.3. The summed E-state index contributed by atoms with van der Waals surface area (Å²) in [5.41, 5.74) is 2.44. The molecular weight excluding hydrogens is 326 g/mol. The normalized spacial score (nSPS) is 11.3. The average Bonchev–Trinajstić information content (AvgIpc) is 2.33. The molecule has 0 saturated heterocycles. The van der Waals surface area contributed by atoms with Gasteiger partial charge >= 0.3 is 0 Å². The number of sulfonamides is 1. The zero-order valence-corrected chi connectivity index (χ0v) is 13.0. The minimum Gasteiger partial charge on any atom is -0.278 e. The number of rotatable bonds is 3. The highest BCUT2D eigenvalue weighted by molar-refractivity contribution is 9.10. The van der Waals surface area contributed by atoms with E-state index < -0.39 is 10.0 Å². The zero-order chi connectivity index (χ0) is 14.0. The average molecular weight is 340 g/mol. The quantitative estimate of drug-likeness (QED) is 0.922. The van der Waals surface area contributed by atoms with Crippen LogP contribution in [0.1, 0.15) is 11.1 Å². The smallest absolute Gasteiger partial charge is 0.261 e. The van der Waals surface area contributed by atoms with E-state index >= 15 is 0 Å². The van der Waals surface area contributed by atoms with Crippen LogP contribution < -0.4 is 4.72 Å². The summed E-state index contributed by atoms with van der Waals surface area (Å²) >= 11 is 3.34. The van der Waals surface area contributed by atoms with Crippen LogP contribution >= 0.6 is 15.9 Å². The van der Waals surface area contributed by atoms with Gasteiger partial charge in [0, 0.05) is 4.47 Å². The summed E-state index contributed by atoms with van der Waals surface area (Å²) < 4.78 is 27.9. The predicted molar refractivity (Wildman–Crippen MR) is 80.9 cm³/mol. The molecule has 0 heterocycles. The van der Waals surface area contributed by atoms with Gasteiger partial charge in [-0.25, -0.2) is 8.42 Å². The maximum atomic E-state index is 12.3. The molecule has 3 nitrogen and oxygen atoms in total. The van der Waals surface area contributed by atoms with Gasteiger partial charge < -0.3 is 0 Å². The summed E-state index contributed by atoms with van der Waals surface area (Å²) in [7, 11) is -3.56. The summed E-state index contributed by atoms with van der Waals surface area (Å²) in [6.07, 6.45) is 0. The second-order valence-electron chi connectivity index (χ2n) is 4.41. The molecule has 0 saturated carbocycles. The fourth-order valence-electron chi connectivity index (χ4n) is 1.70. The number of nitrogens with one attached hydrogen (secondary N) is 1. The van der Waals surface area contributed by atoms with E-state index in [4.69, 9.17) is 0 Å². The highest BCUT2D eigenvalue weighted by Gasteiger charge is 2.15. The van der Waals surface area contributed by atoms with Crippen molar-refractivity contribution in [2.24, 2.45) is 0 Å². The van der Waals surface area contributed by atoms with Crippen molar-refractivity contribution in [3.8, 4) is 0 Å². The molecule has 0 aliphatic rings. The number of halogens is 1. The van der Waals surface area contributed by atoms with Gasteiger partial charge in [-0.2, -0.15) is 0 Å². The largest absolute Gasteiger partial charge is 0.278 e. The third-order valence-corrected chi connectivity index (χ3v) is 4.72. The Hall–Kier alpha value is -1.33. The van der Waals surface area contributed by atoms with Crippen LogP contribution in [0.4, 0.5) is 5.69 Å². The fourth-order valence-corrected chi connectivity index (χ4v) is 3.36. The van der Waals surface area contributed by atoms with Crippen LogP contribution in [0.15, 0.2) is 51.8 Å². The van der Waals surface area contributed by atoms with E-state index in [0.29, 0.717) is 10.2 Å². The van der Waals surface area contributed by atoms with E-state index in [9.17, 15) is 8.42 Å². The van der Waals surface area contributed by atoms with Crippen molar-refractivity contribution in [2.45, 2.75) is 18.7 Å². The maximum Gasteiger partial charge on any atom is 0.261 e. The minimum absolute atomic E-state index is 0.265. The van der Waals surface area contributed by atoms with Gasteiger partial charge in [0.25, 0.3) is 10.0 Å². The molecule has 100 valence electrons. The number of aryl methyl sites for hydroxylation is 2. The van der Waals surface area contributed by atoms with Crippen molar-refractivity contribution in [3.63, 3.8) is 0 Å². The lowest BCUT2D eigenvalue weighted by atomic mass is 10.2. The highest BCUT2D eigenvalue weighted by Crippen LogP contribution is 2.26. The number of anilines is 1. The summed E-state index contributed by atoms with van der Waals surface area (Å²) in [6.45, 7) is 3.78. The van der Waals surface area contributed by atoms with Gasteiger partial charge in [-0.15, -0.1) is 0 Å². The molecule has 2 aromatic carbocycles. The van der Waals surface area contributed by atoms with Gasteiger partial charge in [0.2, 0.25) is 0 Å². The monoisotopic (exact) mass is 339 g/mol. The SMILES string of the molecule is Cc1cccc(S(=O)(=O)Nc2cc(C)ccc2Br)c1. The molecule has 2 rings (SSSR count).